The lowest BCUT2D eigenvalue weighted by Gasteiger charge is -2.14. The molecule has 3 nitrogen and oxygen atoms in total. The van der Waals surface area contributed by atoms with Crippen molar-refractivity contribution >= 4 is 15.4 Å². The van der Waals surface area contributed by atoms with Crippen molar-refractivity contribution < 1.29 is 21.6 Å². The molecule has 0 aliphatic carbocycles. The number of hydrogen-bond donors (Lipinski definition) is 1. The Morgan fingerprint density at radius 3 is 2.50 bits per heavy atom. The van der Waals surface area contributed by atoms with Crippen molar-refractivity contribution in [2.24, 2.45) is 0 Å². The molecule has 1 heterocycles. The van der Waals surface area contributed by atoms with E-state index in [4.69, 9.17) is 0 Å². The van der Waals surface area contributed by atoms with Gasteiger partial charge in [0.25, 0.3) is 0 Å². The highest BCUT2D eigenvalue weighted by molar-refractivity contribution is 7.95. The Morgan fingerprint density at radius 2 is 1.95 bits per heavy atom. The molecule has 1 N–H and O–H groups in total. The molecule has 0 bridgehead atoms. The maximum absolute atomic E-state index is 12.9. The first-order valence-corrected chi connectivity index (χ1v) is 7.55. The Kier molecular flexibility index (Phi) is 3.68. The smallest absolute Gasteiger partial charge is 0.317 e. The zero-order valence-electron chi connectivity index (χ0n) is 11.0. The van der Waals surface area contributed by atoms with E-state index in [1.165, 1.54) is 12.1 Å². The Hall–Kier alpha value is -1.34. The molecule has 7 heteroatoms. The van der Waals surface area contributed by atoms with Crippen LogP contribution < -0.4 is 5.32 Å². The first kappa shape index (κ1) is 15.1. The predicted octanol–water partition coefficient (Wildman–Crippen LogP) is 2.83. The molecule has 1 aliphatic rings. The molecule has 0 aromatic heterocycles. The average molecular weight is 305 g/mol. The molecule has 1 unspecified atom stereocenters. The minimum Gasteiger partial charge on any atom is -0.317 e. The largest absolute Gasteiger partial charge is 0.417 e. The quantitative estimate of drug-likeness (QED) is 0.934. The van der Waals surface area contributed by atoms with E-state index in [2.05, 4.69) is 5.32 Å². The van der Waals surface area contributed by atoms with E-state index >= 15 is 0 Å². The minimum absolute atomic E-state index is 0.0306. The van der Waals surface area contributed by atoms with Crippen LogP contribution in [0.2, 0.25) is 0 Å². The summed E-state index contributed by atoms with van der Waals surface area (Å²) in [5.41, 5.74) is -0.534. The third-order valence-electron chi connectivity index (χ3n) is 3.27. The second kappa shape index (κ2) is 4.89. The summed E-state index contributed by atoms with van der Waals surface area (Å²) in [6.07, 6.45) is -4.33. The molecule has 0 saturated heterocycles. The van der Waals surface area contributed by atoms with Gasteiger partial charge in [-0.3, -0.25) is 0 Å². The fraction of sp³-hybridized carbons (Fsp3) is 0.385. The van der Waals surface area contributed by atoms with E-state index in [1.807, 2.05) is 6.92 Å². The van der Waals surface area contributed by atoms with Gasteiger partial charge in [-0.2, -0.15) is 13.2 Å². The van der Waals surface area contributed by atoms with Crippen LogP contribution in [0.25, 0.3) is 5.57 Å². The molecular weight excluding hydrogens is 291 g/mol. The fourth-order valence-corrected chi connectivity index (χ4v) is 3.93. The van der Waals surface area contributed by atoms with Gasteiger partial charge in [0.1, 0.15) is 0 Å². The highest BCUT2D eigenvalue weighted by atomic mass is 32.2. The summed E-state index contributed by atoms with van der Waals surface area (Å²) >= 11 is 0. The summed E-state index contributed by atoms with van der Waals surface area (Å²) in [5.74, 6) is 0. The second-order valence-electron chi connectivity index (χ2n) is 4.76. The topological polar surface area (TPSA) is 46.2 Å². The van der Waals surface area contributed by atoms with Gasteiger partial charge in [0.05, 0.1) is 10.5 Å². The van der Waals surface area contributed by atoms with E-state index in [1.54, 1.807) is 7.05 Å². The maximum atomic E-state index is 12.9. The number of halogens is 3. The van der Waals surface area contributed by atoms with Crippen molar-refractivity contribution in [1.29, 1.82) is 0 Å². The second-order valence-corrected chi connectivity index (χ2v) is 6.50. The van der Waals surface area contributed by atoms with Gasteiger partial charge >= 0.3 is 6.18 Å². The Bertz CT molecular complexity index is 663. The third-order valence-corrected chi connectivity index (χ3v) is 4.87. The van der Waals surface area contributed by atoms with Gasteiger partial charge in [-0.25, -0.2) is 8.42 Å². The molecule has 2 rings (SSSR count). The van der Waals surface area contributed by atoms with Crippen LogP contribution in [0, 0.1) is 0 Å². The maximum Gasteiger partial charge on any atom is 0.417 e. The van der Waals surface area contributed by atoms with Gasteiger partial charge in [-0.05, 0) is 37.6 Å². The Balaban J connectivity index is 2.60. The van der Waals surface area contributed by atoms with Crippen LogP contribution in [0.15, 0.2) is 28.5 Å². The highest BCUT2D eigenvalue weighted by Crippen LogP contribution is 2.43. The van der Waals surface area contributed by atoms with Gasteiger partial charge < -0.3 is 5.32 Å². The normalized spacial score (nSPS) is 18.6. The standard InChI is InChI=1S/C13H14F3NO2S/c1-8(17-2)6-9-7-20(18,19)12-10(9)4-3-5-11(12)13(14,15)16/h3-5,7-8,17H,6H2,1-2H3. The lowest BCUT2D eigenvalue weighted by atomic mass is 9.99. The van der Waals surface area contributed by atoms with Gasteiger partial charge in [-0.1, -0.05) is 12.1 Å². The SMILES string of the molecule is CNC(C)CC1=CS(=O)(=O)c2c1cccc2C(F)(F)F. The first-order valence-electron chi connectivity index (χ1n) is 6.00. The number of hydrogen-bond acceptors (Lipinski definition) is 3. The number of benzene rings is 1. The molecular formula is C13H14F3NO2S. The molecule has 110 valence electrons. The number of fused-ring (bicyclic) bond motifs is 1. The molecule has 20 heavy (non-hydrogen) atoms. The lowest BCUT2D eigenvalue weighted by molar-refractivity contribution is -0.139. The van der Waals surface area contributed by atoms with Crippen molar-refractivity contribution in [3.63, 3.8) is 0 Å². The summed E-state index contributed by atoms with van der Waals surface area (Å²) in [4.78, 5) is -0.620. The average Bonchev–Trinajstić information content (AvgIpc) is 2.60. The van der Waals surface area contributed by atoms with Crippen LogP contribution in [0.1, 0.15) is 24.5 Å². The molecule has 0 spiro atoms. The van der Waals surface area contributed by atoms with E-state index in [9.17, 15) is 21.6 Å². The van der Waals surface area contributed by atoms with Crippen LogP contribution in [0.3, 0.4) is 0 Å². The summed E-state index contributed by atoms with van der Waals surface area (Å²) in [7, 11) is -2.32. The number of sulfone groups is 1. The fourth-order valence-electron chi connectivity index (χ4n) is 2.22. The van der Waals surface area contributed by atoms with Crippen LogP contribution in [-0.4, -0.2) is 21.5 Å². The van der Waals surface area contributed by atoms with Crippen molar-refractivity contribution in [3.05, 3.63) is 34.7 Å². The van der Waals surface area contributed by atoms with Crippen LogP contribution >= 0.6 is 0 Å². The zero-order chi connectivity index (χ0) is 15.1. The predicted molar refractivity (Wildman–Crippen MR) is 69.7 cm³/mol. The van der Waals surface area contributed by atoms with E-state index in [0.717, 1.165) is 11.5 Å². The van der Waals surface area contributed by atoms with Crippen molar-refractivity contribution in [2.45, 2.75) is 30.5 Å². The van der Waals surface area contributed by atoms with E-state index in [-0.39, 0.29) is 11.6 Å². The molecule has 1 aliphatic heterocycles. The summed E-state index contributed by atoms with van der Waals surface area (Å²) in [6, 6.07) is 3.43. The summed E-state index contributed by atoms with van der Waals surface area (Å²) < 4.78 is 62.8. The van der Waals surface area contributed by atoms with Crippen molar-refractivity contribution in [1.82, 2.24) is 5.32 Å². The van der Waals surface area contributed by atoms with Crippen molar-refractivity contribution in [2.75, 3.05) is 7.05 Å². The lowest BCUT2D eigenvalue weighted by Crippen LogP contribution is -2.21. The monoisotopic (exact) mass is 305 g/mol. The molecule has 1 aromatic carbocycles. The summed E-state index contributed by atoms with van der Waals surface area (Å²) in [6.45, 7) is 1.83. The van der Waals surface area contributed by atoms with Crippen molar-refractivity contribution in [3.8, 4) is 0 Å². The van der Waals surface area contributed by atoms with E-state index < -0.39 is 26.5 Å². The van der Waals surface area contributed by atoms with Crippen LogP contribution in [0.4, 0.5) is 13.2 Å². The van der Waals surface area contributed by atoms with Gasteiger partial charge in [0, 0.05) is 11.4 Å². The third kappa shape index (κ3) is 2.60. The zero-order valence-corrected chi connectivity index (χ0v) is 11.8. The van der Waals surface area contributed by atoms with E-state index in [0.29, 0.717) is 12.0 Å². The molecule has 1 atom stereocenters. The minimum atomic E-state index is -4.68. The molecule has 0 radical (unpaired) electrons. The molecule has 0 amide bonds. The van der Waals surface area contributed by atoms with Gasteiger partial charge in [-0.15, -0.1) is 0 Å². The highest BCUT2D eigenvalue weighted by Gasteiger charge is 2.40. The van der Waals surface area contributed by atoms with Gasteiger partial charge in [0.2, 0.25) is 9.84 Å². The van der Waals surface area contributed by atoms with Gasteiger partial charge in [0.15, 0.2) is 0 Å². The van der Waals surface area contributed by atoms with Crippen LogP contribution in [0.5, 0.6) is 0 Å². The first-order chi connectivity index (χ1) is 9.16. The Morgan fingerprint density at radius 1 is 1.30 bits per heavy atom. The molecule has 0 fully saturated rings. The Labute approximate surface area is 115 Å². The number of nitrogens with one attached hydrogen (secondary N) is 1. The van der Waals surface area contributed by atoms with Crippen LogP contribution in [-0.2, 0) is 16.0 Å². The molecule has 0 saturated carbocycles. The summed E-state index contributed by atoms with van der Waals surface area (Å²) in [5, 5.41) is 3.88. The molecule has 1 aromatic rings. The number of rotatable bonds is 3. The number of alkyl halides is 3.